The maximum Gasteiger partial charge on any atom is 0.173 e. The maximum atomic E-state index is 9.02. The van der Waals surface area contributed by atoms with E-state index in [-0.39, 0.29) is 0 Å². The largest absolute Gasteiger partial charge is 0.294 e. The highest BCUT2D eigenvalue weighted by atomic mass is 127. The summed E-state index contributed by atoms with van der Waals surface area (Å²) in [5.41, 5.74) is 4.81. The van der Waals surface area contributed by atoms with Gasteiger partial charge in [0.15, 0.2) is 5.16 Å². The molecule has 28 heavy (non-hydrogen) atoms. The SMILES string of the molecule is N#Cc1ccc(-c2cn(-c3ccc(I)cc3)c(SCc3ccncc3)n2)cc1. The molecular weight excluding hydrogens is 479 g/mol. The summed E-state index contributed by atoms with van der Waals surface area (Å²) in [4.78, 5) is 8.95. The van der Waals surface area contributed by atoms with E-state index in [2.05, 4.69) is 68.7 Å². The Kier molecular flexibility index (Phi) is 5.74. The number of nitriles is 1. The van der Waals surface area contributed by atoms with Gasteiger partial charge in [0.25, 0.3) is 0 Å². The summed E-state index contributed by atoms with van der Waals surface area (Å²) >= 11 is 4.00. The van der Waals surface area contributed by atoms with E-state index in [0.29, 0.717) is 5.56 Å². The van der Waals surface area contributed by atoms with Crippen molar-refractivity contribution in [1.82, 2.24) is 14.5 Å². The van der Waals surface area contributed by atoms with Gasteiger partial charge in [0, 0.05) is 39.2 Å². The summed E-state index contributed by atoms with van der Waals surface area (Å²) in [5.74, 6) is 0.816. The van der Waals surface area contributed by atoms with Crippen LogP contribution in [0.5, 0.6) is 0 Å². The fraction of sp³-hybridized carbons (Fsp3) is 0.0455. The normalized spacial score (nSPS) is 10.6. The Labute approximate surface area is 181 Å². The first-order chi connectivity index (χ1) is 13.7. The van der Waals surface area contributed by atoms with Crippen LogP contribution in [0.3, 0.4) is 0 Å². The molecule has 0 amide bonds. The van der Waals surface area contributed by atoms with Crippen LogP contribution in [-0.4, -0.2) is 14.5 Å². The predicted octanol–water partition coefficient (Wildman–Crippen LogP) is 5.70. The molecule has 4 rings (SSSR count). The molecule has 2 aromatic carbocycles. The van der Waals surface area contributed by atoms with Crippen LogP contribution in [0.15, 0.2) is 84.4 Å². The average molecular weight is 494 g/mol. The molecule has 0 saturated heterocycles. The molecule has 6 heteroatoms. The van der Waals surface area contributed by atoms with Crippen LogP contribution in [0.25, 0.3) is 16.9 Å². The molecule has 0 unspecified atom stereocenters. The Morgan fingerprint density at radius 2 is 1.68 bits per heavy atom. The van der Waals surface area contributed by atoms with Crippen LogP contribution < -0.4 is 0 Å². The van der Waals surface area contributed by atoms with E-state index in [9.17, 15) is 0 Å². The molecule has 0 bridgehead atoms. The van der Waals surface area contributed by atoms with Crippen molar-refractivity contribution in [3.8, 4) is 23.0 Å². The molecule has 0 radical (unpaired) electrons. The monoisotopic (exact) mass is 494 g/mol. The maximum absolute atomic E-state index is 9.02. The lowest BCUT2D eigenvalue weighted by Crippen LogP contribution is -1.95. The van der Waals surface area contributed by atoms with E-state index in [1.54, 1.807) is 11.8 Å². The molecule has 0 aliphatic heterocycles. The molecule has 0 N–H and O–H groups in total. The lowest BCUT2D eigenvalue weighted by molar-refractivity contribution is 0.895. The van der Waals surface area contributed by atoms with Gasteiger partial charge in [-0.05, 0) is 76.7 Å². The summed E-state index contributed by atoms with van der Waals surface area (Å²) in [6.07, 6.45) is 5.67. The van der Waals surface area contributed by atoms with Crippen molar-refractivity contribution in [2.45, 2.75) is 10.9 Å². The fourth-order valence-corrected chi connectivity index (χ4v) is 4.04. The van der Waals surface area contributed by atoms with Crippen molar-refractivity contribution < 1.29 is 0 Å². The lowest BCUT2D eigenvalue weighted by atomic mass is 10.1. The van der Waals surface area contributed by atoms with Gasteiger partial charge in [-0.2, -0.15) is 5.26 Å². The van der Waals surface area contributed by atoms with Crippen molar-refractivity contribution in [2.75, 3.05) is 0 Å². The first-order valence-corrected chi connectivity index (χ1v) is 10.7. The Balaban J connectivity index is 1.70. The van der Waals surface area contributed by atoms with Gasteiger partial charge in [0.05, 0.1) is 17.3 Å². The van der Waals surface area contributed by atoms with E-state index >= 15 is 0 Å². The molecular formula is C22H15IN4S. The number of nitrogens with zero attached hydrogens (tertiary/aromatic N) is 4. The summed E-state index contributed by atoms with van der Waals surface area (Å²) in [7, 11) is 0. The molecule has 4 aromatic rings. The minimum Gasteiger partial charge on any atom is -0.294 e. The van der Waals surface area contributed by atoms with Crippen molar-refractivity contribution in [2.24, 2.45) is 0 Å². The third-order valence-corrected chi connectivity index (χ3v) is 5.95. The number of rotatable bonds is 5. The van der Waals surface area contributed by atoms with Gasteiger partial charge in [0.1, 0.15) is 0 Å². The molecule has 0 spiro atoms. The van der Waals surface area contributed by atoms with Gasteiger partial charge in [0.2, 0.25) is 0 Å². The first kappa shape index (κ1) is 18.7. The molecule has 0 aliphatic rings. The number of imidazole rings is 1. The second-order valence-corrected chi connectivity index (χ2v) is 8.28. The first-order valence-electron chi connectivity index (χ1n) is 8.60. The van der Waals surface area contributed by atoms with E-state index in [1.807, 2.05) is 48.8 Å². The molecule has 136 valence electrons. The summed E-state index contributed by atoms with van der Waals surface area (Å²) in [5, 5.41) is 9.95. The van der Waals surface area contributed by atoms with Crippen LogP contribution >= 0.6 is 34.4 Å². The Bertz CT molecular complexity index is 1110. The Hall–Kier alpha value is -2.63. The van der Waals surface area contributed by atoms with Crippen molar-refractivity contribution >= 4 is 34.4 Å². The van der Waals surface area contributed by atoms with Gasteiger partial charge >= 0.3 is 0 Å². The standard InChI is InChI=1S/C22H15IN4S/c23-19-5-7-20(8-6-19)27-14-21(18-3-1-16(13-24)2-4-18)26-22(27)28-15-17-9-11-25-12-10-17/h1-12,14H,15H2. The minimum absolute atomic E-state index is 0.646. The molecule has 4 nitrogen and oxygen atoms in total. The van der Waals surface area contributed by atoms with Crippen molar-refractivity contribution in [1.29, 1.82) is 5.26 Å². The van der Waals surface area contributed by atoms with E-state index in [1.165, 1.54) is 9.13 Å². The second-order valence-electron chi connectivity index (χ2n) is 6.09. The molecule has 0 aliphatic carbocycles. The molecule has 0 atom stereocenters. The lowest BCUT2D eigenvalue weighted by Gasteiger charge is -2.07. The average Bonchev–Trinajstić information content (AvgIpc) is 3.18. The summed E-state index contributed by atoms with van der Waals surface area (Å²) in [6, 6.07) is 22.1. The number of pyridine rings is 1. The highest BCUT2D eigenvalue weighted by molar-refractivity contribution is 14.1. The molecule has 0 fully saturated rings. The third-order valence-electron chi connectivity index (χ3n) is 4.21. The van der Waals surface area contributed by atoms with Crippen molar-refractivity contribution in [3.05, 3.63) is 94.0 Å². The predicted molar refractivity (Wildman–Crippen MR) is 120 cm³/mol. The molecule has 2 heterocycles. The van der Waals surface area contributed by atoms with E-state index in [0.717, 1.165) is 27.9 Å². The van der Waals surface area contributed by atoms with Crippen LogP contribution in [0, 0.1) is 14.9 Å². The zero-order valence-electron chi connectivity index (χ0n) is 14.8. The third kappa shape index (κ3) is 4.26. The highest BCUT2D eigenvalue weighted by Crippen LogP contribution is 2.29. The topological polar surface area (TPSA) is 54.5 Å². The van der Waals surface area contributed by atoms with Crippen LogP contribution in [-0.2, 0) is 5.75 Å². The van der Waals surface area contributed by atoms with Gasteiger partial charge in [-0.3, -0.25) is 9.55 Å². The number of hydrogen-bond donors (Lipinski definition) is 0. The number of benzene rings is 2. The van der Waals surface area contributed by atoms with Crippen LogP contribution in [0.2, 0.25) is 0 Å². The zero-order chi connectivity index (χ0) is 19.3. The fourth-order valence-electron chi connectivity index (χ4n) is 2.73. The quantitative estimate of drug-likeness (QED) is 0.264. The van der Waals surface area contributed by atoms with Gasteiger partial charge < -0.3 is 0 Å². The second kappa shape index (κ2) is 8.59. The smallest absolute Gasteiger partial charge is 0.173 e. The molecule has 0 saturated carbocycles. The number of halogens is 1. The van der Waals surface area contributed by atoms with E-state index in [4.69, 9.17) is 10.2 Å². The number of thioether (sulfide) groups is 1. The highest BCUT2D eigenvalue weighted by Gasteiger charge is 2.12. The van der Waals surface area contributed by atoms with Crippen molar-refractivity contribution in [3.63, 3.8) is 0 Å². The summed E-state index contributed by atoms with van der Waals surface area (Å²) in [6.45, 7) is 0. The van der Waals surface area contributed by atoms with Gasteiger partial charge in [-0.1, -0.05) is 23.9 Å². The van der Waals surface area contributed by atoms with Crippen LogP contribution in [0.1, 0.15) is 11.1 Å². The Morgan fingerprint density at radius 3 is 2.36 bits per heavy atom. The van der Waals surface area contributed by atoms with Gasteiger partial charge in [-0.25, -0.2) is 4.98 Å². The number of aromatic nitrogens is 3. The Morgan fingerprint density at radius 1 is 0.964 bits per heavy atom. The van der Waals surface area contributed by atoms with E-state index < -0.39 is 0 Å². The summed E-state index contributed by atoms with van der Waals surface area (Å²) < 4.78 is 3.31. The number of hydrogen-bond acceptors (Lipinski definition) is 4. The molecule has 2 aromatic heterocycles. The van der Waals surface area contributed by atoms with Gasteiger partial charge in [-0.15, -0.1) is 0 Å². The minimum atomic E-state index is 0.646. The zero-order valence-corrected chi connectivity index (χ0v) is 17.8. The van der Waals surface area contributed by atoms with Crippen LogP contribution in [0.4, 0.5) is 0 Å².